The quantitative estimate of drug-likeness (QED) is 0.354. The molecule has 5 rings (SSSR count). The molecule has 7 nitrogen and oxygen atoms in total. The smallest absolute Gasteiger partial charge is 0.238 e. The molecule has 4 heterocycles. The van der Waals surface area contributed by atoms with Gasteiger partial charge in [0.2, 0.25) is 5.88 Å². The Morgan fingerprint density at radius 1 is 1.14 bits per heavy atom. The van der Waals surface area contributed by atoms with Gasteiger partial charge in [-0.1, -0.05) is 23.7 Å². The van der Waals surface area contributed by atoms with Crippen LogP contribution in [0.1, 0.15) is 55.3 Å². The molecule has 0 spiro atoms. The zero-order valence-corrected chi connectivity index (χ0v) is 21.0. The van der Waals surface area contributed by atoms with Gasteiger partial charge in [-0.3, -0.25) is 0 Å². The van der Waals surface area contributed by atoms with Gasteiger partial charge in [-0.05, 0) is 62.9 Å². The van der Waals surface area contributed by atoms with Gasteiger partial charge in [-0.15, -0.1) is 0 Å². The Balaban J connectivity index is 1.54. The van der Waals surface area contributed by atoms with E-state index in [1.165, 1.54) is 0 Å². The number of hydrogen-bond acceptors (Lipinski definition) is 5. The number of methoxy groups -OCH3 is 1. The molecule has 0 saturated carbocycles. The number of fused-ring (bicyclic) bond motifs is 1. The molecule has 0 unspecified atom stereocenters. The summed E-state index contributed by atoms with van der Waals surface area (Å²) >= 11 is 6.67. The fourth-order valence-corrected chi connectivity index (χ4v) is 4.89. The van der Waals surface area contributed by atoms with Crippen LogP contribution in [0.4, 0.5) is 0 Å². The minimum absolute atomic E-state index is 0.0505. The van der Waals surface area contributed by atoms with E-state index in [9.17, 15) is 5.26 Å². The van der Waals surface area contributed by atoms with E-state index in [1.807, 2.05) is 55.8 Å². The molecule has 1 aromatic carbocycles. The van der Waals surface area contributed by atoms with Crippen molar-refractivity contribution in [3.05, 3.63) is 76.7 Å². The summed E-state index contributed by atoms with van der Waals surface area (Å²) in [4.78, 5) is 14.1. The monoisotopic (exact) mass is 486 g/mol. The van der Waals surface area contributed by atoms with Crippen LogP contribution in [0.5, 0.6) is 5.88 Å². The Morgan fingerprint density at radius 3 is 2.69 bits per heavy atom. The molecule has 0 amide bonds. The molecule has 1 aliphatic rings. The highest BCUT2D eigenvalue weighted by Gasteiger charge is 2.29. The van der Waals surface area contributed by atoms with Crippen LogP contribution in [0.25, 0.3) is 17.1 Å². The lowest BCUT2D eigenvalue weighted by Crippen LogP contribution is -2.19. The van der Waals surface area contributed by atoms with Gasteiger partial charge in [0.05, 0.1) is 36.3 Å². The van der Waals surface area contributed by atoms with Gasteiger partial charge in [0.1, 0.15) is 17.2 Å². The van der Waals surface area contributed by atoms with Gasteiger partial charge in [0, 0.05) is 29.9 Å². The number of hydrogen-bond donors (Lipinski definition) is 0. The van der Waals surface area contributed by atoms with Crippen LogP contribution in [0, 0.1) is 18.3 Å². The van der Waals surface area contributed by atoms with Gasteiger partial charge < -0.3 is 13.9 Å². The van der Waals surface area contributed by atoms with E-state index >= 15 is 0 Å². The molecule has 0 N–H and O–H groups in total. The lowest BCUT2D eigenvalue weighted by atomic mass is 9.82. The second kappa shape index (κ2) is 8.86. The molecule has 35 heavy (non-hydrogen) atoms. The fourth-order valence-electron chi connectivity index (χ4n) is 4.64. The molecule has 1 atom stereocenters. The molecule has 0 fully saturated rings. The summed E-state index contributed by atoms with van der Waals surface area (Å²) in [5, 5.41) is 10.3. The van der Waals surface area contributed by atoms with Crippen molar-refractivity contribution in [2.24, 2.45) is 0 Å². The first-order chi connectivity index (χ1) is 16.8. The molecule has 0 saturated heterocycles. The van der Waals surface area contributed by atoms with E-state index in [-0.39, 0.29) is 5.92 Å². The van der Waals surface area contributed by atoms with Crippen molar-refractivity contribution in [2.75, 3.05) is 7.11 Å². The van der Waals surface area contributed by atoms with E-state index in [0.29, 0.717) is 10.9 Å². The predicted molar refractivity (Wildman–Crippen MR) is 135 cm³/mol. The summed E-state index contributed by atoms with van der Waals surface area (Å²) in [6, 6.07) is 12.2. The van der Waals surface area contributed by atoms with Crippen molar-refractivity contribution in [2.45, 2.75) is 51.5 Å². The number of nitriles is 1. The number of nitrogens with zero attached hydrogens (tertiary/aromatic N) is 6. The first kappa shape index (κ1) is 23.1. The van der Waals surface area contributed by atoms with E-state index in [1.54, 1.807) is 13.4 Å². The zero-order chi connectivity index (χ0) is 24.7. The van der Waals surface area contributed by atoms with Crippen molar-refractivity contribution in [3.8, 4) is 29.0 Å². The van der Waals surface area contributed by atoms with Crippen LogP contribution in [0.15, 0.2) is 49.1 Å². The first-order valence-electron chi connectivity index (χ1n) is 11.7. The Hall–Kier alpha value is -3.63. The Morgan fingerprint density at radius 2 is 1.97 bits per heavy atom. The highest BCUT2D eigenvalue weighted by molar-refractivity contribution is 6.31. The first-order valence-corrected chi connectivity index (χ1v) is 12.0. The maximum absolute atomic E-state index is 9.62. The van der Waals surface area contributed by atoms with E-state index < -0.39 is 5.41 Å². The summed E-state index contributed by atoms with van der Waals surface area (Å²) in [5.74, 6) is 1.53. The number of aryl methyl sites for hydroxylation is 2. The molecule has 0 bridgehead atoms. The highest BCUT2D eigenvalue weighted by Crippen LogP contribution is 2.39. The number of rotatable bonds is 5. The summed E-state index contributed by atoms with van der Waals surface area (Å²) in [5.41, 5.74) is 4.66. The number of pyridine rings is 1. The third-order valence-electron chi connectivity index (χ3n) is 6.67. The molecule has 178 valence electrons. The number of halogens is 1. The van der Waals surface area contributed by atoms with Gasteiger partial charge >= 0.3 is 0 Å². The van der Waals surface area contributed by atoms with Gasteiger partial charge in [-0.25, -0.2) is 15.0 Å². The summed E-state index contributed by atoms with van der Waals surface area (Å²) < 4.78 is 9.69. The van der Waals surface area contributed by atoms with Crippen LogP contribution < -0.4 is 4.74 Å². The lowest BCUT2D eigenvalue weighted by molar-refractivity contribution is 0.396. The van der Waals surface area contributed by atoms with Gasteiger partial charge in [-0.2, -0.15) is 5.26 Å². The van der Waals surface area contributed by atoms with E-state index in [0.717, 1.165) is 59.1 Å². The minimum Gasteiger partial charge on any atom is -0.479 e. The second-order valence-electron chi connectivity index (χ2n) is 9.49. The van der Waals surface area contributed by atoms with E-state index in [2.05, 4.69) is 27.9 Å². The molecule has 4 aromatic rings. The van der Waals surface area contributed by atoms with Gasteiger partial charge in [0.25, 0.3) is 0 Å². The topological polar surface area (TPSA) is 81.5 Å². The second-order valence-corrected chi connectivity index (χ2v) is 9.90. The Labute approximate surface area is 210 Å². The van der Waals surface area contributed by atoms with Crippen LogP contribution in [0.2, 0.25) is 5.02 Å². The third kappa shape index (κ3) is 4.19. The maximum atomic E-state index is 9.62. The van der Waals surface area contributed by atoms with Crippen molar-refractivity contribution < 1.29 is 4.74 Å². The van der Waals surface area contributed by atoms with Crippen LogP contribution in [-0.4, -0.2) is 31.2 Å². The Kier molecular flexibility index (Phi) is 5.86. The van der Waals surface area contributed by atoms with Crippen LogP contribution >= 0.6 is 11.6 Å². The van der Waals surface area contributed by atoms with E-state index in [4.69, 9.17) is 26.3 Å². The SMILES string of the molecule is COc1nc(-c2cn3c(n2)[C@@H](c2cc(C(C)(C)C#N)ccc2Cl)CCC3)ccc1-n1cnc(C)c1. The molecule has 0 radical (unpaired) electrons. The third-order valence-corrected chi connectivity index (χ3v) is 7.01. The molecule has 8 heteroatoms. The Bertz CT molecular complexity index is 1440. The normalized spacial score (nSPS) is 15.5. The number of aromatic nitrogens is 5. The fraction of sp³-hybridized carbons (Fsp3) is 0.333. The maximum Gasteiger partial charge on any atom is 0.238 e. The van der Waals surface area contributed by atoms with Crippen molar-refractivity contribution in [3.63, 3.8) is 0 Å². The number of imidazole rings is 2. The van der Waals surface area contributed by atoms with Crippen molar-refractivity contribution >= 4 is 11.6 Å². The molecule has 1 aliphatic heterocycles. The molecular weight excluding hydrogens is 460 g/mol. The van der Waals surface area contributed by atoms with Crippen molar-refractivity contribution in [1.29, 1.82) is 5.26 Å². The summed E-state index contributed by atoms with van der Waals surface area (Å²) in [6.45, 7) is 6.69. The standard InChI is InChI=1S/C27H27ClN6O/c1-17-13-34(16-30-17)24-10-9-22(32-26(24)35-4)23-14-33-11-5-6-19(25(33)31-23)20-12-18(7-8-21(20)28)27(2,3)15-29/h7-10,12-14,16,19H,5-6,11H2,1-4H3/t19-/m1/s1. The molecule has 0 aliphatic carbocycles. The predicted octanol–water partition coefficient (Wildman–Crippen LogP) is 5.83. The summed E-state index contributed by atoms with van der Waals surface area (Å²) in [7, 11) is 1.62. The minimum atomic E-state index is -0.593. The van der Waals surface area contributed by atoms with Crippen LogP contribution in [-0.2, 0) is 12.0 Å². The largest absolute Gasteiger partial charge is 0.479 e. The molecule has 3 aromatic heterocycles. The van der Waals surface area contributed by atoms with Gasteiger partial charge in [0.15, 0.2) is 0 Å². The number of ether oxygens (including phenoxy) is 1. The lowest BCUT2D eigenvalue weighted by Gasteiger charge is -2.26. The van der Waals surface area contributed by atoms with Crippen LogP contribution in [0.3, 0.4) is 0 Å². The molecular formula is C27H27ClN6O. The average molecular weight is 487 g/mol. The van der Waals surface area contributed by atoms with Crippen molar-refractivity contribution in [1.82, 2.24) is 24.1 Å². The average Bonchev–Trinajstić information content (AvgIpc) is 3.50. The zero-order valence-electron chi connectivity index (χ0n) is 20.3. The highest BCUT2D eigenvalue weighted by atomic mass is 35.5. The number of benzene rings is 1. The summed E-state index contributed by atoms with van der Waals surface area (Å²) in [6.07, 6.45) is 7.71.